The van der Waals surface area contributed by atoms with Crippen molar-refractivity contribution in [3.8, 4) is 0 Å². The average Bonchev–Trinajstić information content (AvgIpc) is 2.78. The van der Waals surface area contributed by atoms with Crippen molar-refractivity contribution in [2.45, 2.75) is 32.0 Å². The van der Waals surface area contributed by atoms with Gasteiger partial charge in [0, 0.05) is 32.2 Å². The zero-order valence-electron chi connectivity index (χ0n) is 17.5. The molecule has 0 aromatic heterocycles. The molecule has 3 aromatic rings. The lowest BCUT2D eigenvalue weighted by Crippen LogP contribution is -2.46. The van der Waals surface area contributed by atoms with Gasteiger partial charge >= 0.3 is 6.09 Å². The second-order valence-electron chi connectivity index (χ2n) is 8.12. The van der Waals surface area contributed by atoms with Gasteiger partial charge in [0.15, 0.2) is 0 Å². The Hall–Kier alpha value is -3.18. The summed E-state index contributed by atoms with van der Waals surface area (Å²) in [6, 6.07) is 25.1. The van der Waals surface area contributed by atoms with Crippen LogP contribution in [0, 0.1) is 5.82 Å². The van der Waals surface area contributed by atoms with Crippen LogP contribution in [0.15, 0.2) is 78.9 Å². The third-order valence-corrected chi connectivity index (χ3v) is 5.97. The van der Waals surface area contributed by atoms with Gasteiger partial charge in [-0.25, -0.2) is 9.18 Å². The Balaban J connectivity index is 1.50. The average molecular weight is 419 g/mol. The number of fused-ring (bicyclic) bond motifs is 1. The molecule has 0 aliphatic carbocycles. The number of carbonyl (C=O) groups is 1. The molecule has 4 rings (SSSR count). The Bertz CT molecular complexity index is 1010. The zero-order chi connectivity index (χ0) is 21.6. The largest absolute Gasteiger partial charge is 0.465 e. The van der Waals surface area contributed by atoms with E-state index in [9.17, 15) is 14.3 Å². The van der Waals surface area contributed by atoms with Gasteiger partial charge in [-0.05, 0) is 47.2 Å². The molecule has 0 spiro atoms. The topological polar surface area (TPSA) is 43.8 Å². The molecule has 1 amide bonds. The van der Waals surface area contributed by atoms with Crippen molar-refractivity contribution in [2.75, 3.05) is 13.1 Å². The molecule has 1 unspecified atom stereocenters. The summed E-state index contributed by atoms with van der Waals surface area (Å²) in [6.07, 6.45) is 0.693. The molecule has 31 heavy (non-hydrogen) atoms. The van der Waals surface area contributed by atoms with E-state index in [0.717, 1.165) is 29.5 Å². The summed E-state index contributed by atoms with van der Waals surface area (Å²) >= 11 is 0. The quantitative estimate of drug-likeness (QED) is 0.589. The predicted molar refractivity (Wildman–Crippen MR) is 119 cm³/mol. The highest BCUT2D eigenvalue weighted by Gasteiger charge is 2.27. The second kappa shape index (κ2) is 9.75. The fourth-order valence-electron chi connectivity index (χ4n) is 4.31. The van der Waals surface area contributed by atoms with E-state index in [1.54, 1.807) is 6.07 Å². The van der Waals surface area contributed by atoms with Gasteiger partial charge in [-0.15, -0.1) is 0 Å². The summed E-state index contributed by atoms with van der Waals surface area (Å²) in [7, 11) is 0. The minimum atomic E-state index is -0.914. The summed E-state index contributed by atoms with van der Waals surface area (Å²) in [6.45, 7) is 2.13. The minimum Gasteiger partial charge on any atom is -0.465 e. The first kappa shape index (κ1) is 21.1. The highest BCUT2D eigenvalue weighted by Crippen LogP contribution is 2.26. The van der Waals surface area contributed by atoms with Gasteiger partial charge in [-0.1, -0.05) is 66.7 Å². The maximum absolute atomic E-state index is 13.8. The number of hydrogen-bond donors (Lipinski definition) is 1. The number of halogens is 1. The molecular weight excluding hydrogens is 391 g/mol. The summed E-state index contributed by atoms with van der Waals surface area (Å²) in [5.74, 6) is -0.203. The van der Waals surface area contributed by atoms with Crippen LogP contribution in [0.25, 0.3) is 0 Å². The predicted octanol–water partition coefficient (Wildman–Crippen LogP) is 4.98. The molecule has 3 aromatic carbocycles. The highest BCUT2D eigenvalue weighted by molar-refractivity contribution is 5.65. The van der Waals surface area contributed by atoms with Crippen molar-refractivity contribution in [1.82, 2.24) is 9.80 Å². The molecule has 160 valence electrons. The van der Waals surface area contributed by atoms with E-state index in [-0.39, 0.29) is 11.9 Å². The lowest BCUT2D eigenvalue weighted by atomic mass is 9.90. The smallest absolute Gasteiger partial charge is 0.407 e. The molecule has 0 saturated carbocycles. The Kier molecular flexibility index (Phi) is 6.63. The third kappa shape index (κ3) is 5.50. The first-order chi connectivity index (χ1) is 15.1. The number of rotatable bonds is 7. The molecular formula is C26H27FN2O2. The standard InChI is InChI=1S/C26H27FN2O2/c27-24-12-11-22-19-28(13-14-29(26(30)31)18-21-9-5-2-6-10-21)25(17-23(22)16-24)15-20-7-3-1-4-8-20/h1-12,16,25H,13-15,17-19H2,(H,30,31). The van der Waals surface area contributed by atoms with Crippen LogP contribution in [0.2, 0.25) is 0 Å². The van der Waals surface area contributed by atoms with E-state index in [1.807, 2.05) is 54.6 Å². The Morgan fingerprint density at radius 3 is 2.32 bits per heavy atom. The van der Waals surface area contributed by atoms with Crippen LogP contribution in [0.4, 0.5) is 9.18 Å². The molecule has 1 atom stereocenters. The van der Waals surface area contributed by atoms with E-state index in [1.165, 1.54) is 16.5 Å². The monoisotopic (exact) mass is 418 g/mol. The van der Waals surface area contributed by atoms with Gasteiger partial charge in [-0.3, -0.25) is 4.90 Å². The van der Waals surface area contributed by atoms with Crippen molar-refractivity contribution < 1.29 is 14.3 Å². The maximum atomic E-state index is 13.8. The lowest BCUT2D eigenvalue weighted by Gasteiger charge is -2.38. The minimum absolute atomic E-state index is 0.198. The van der Waals surface area contributed by atoms with Crippen LogP contribution in [-0.4, -0.2) is 40.1 Å². The fraction of sp³-hybridized carbons (Fsp3) is 0.269. The number of nitrogens with zero attached hydrogens (tertiary/aromatic N) is 2. The Morgan fingerprint density at radius 2 is 1.65 bits per heavy atom. The molecule has 0 radical (unpaired) electrons. The van der Waals surface area contributed by atoms with Crippen LogP contribution >= 0.6 is 0 Å². The van der Waals surface area contributed by atoms with Crippen molar-refractivity contribution in [3.05, 3.63) is 107 Å². The molecule has 4 nitrogen and oxygen atoms in total. The van der Waals surface area contributed by atoms with Crippen LogP contribution in [0.5, 0.6) is 0 Å². The highest BCUT2D eigenvalue weighted by atomic mass is 19.1. The van der Waals surface area contributed by atoms with Crippen molar-refractivity contribution in [3.63, 3.8) is 0 Å². The summed E-state index contributed by atoms with van der Waals surface area (Å²) in [5.41, 5.74) is 4.38. The zero-order valence-corrected chi connectivity index (χ0v) is 17.5. The van der Waals surface area contributed by atoms with Gasteiger partial charge in [0.1, 0.15) is 5.82 Å². The molecule has 0 saturated heterocycles. The SMILES string of the molecule is O=C(O)N(CCN1Cc2ccc(F)cc2CC1Cc1ccccc1)Cc1ccccc1. The van der Waals surface area contributed by atoms with Crippen molar-refractivity contribution >= 4 is 6.09 Å². The fourth-order valence-corrected chi connectivity index (χ4v) is 4.31. The molecule has 1 N–H and O–H groups in total. The number of amides is 1. The molecule has 0 fully saturated rings. The first-order valence-corrected chi connectivity index (χ1v) is 10.7. The molecule has 5 heteroatoms. The third-order valence-electron chi connectivity index (χ3n) is 5.97. The van der Waals surface area contributed by atoms with Gasteiger partial charge in [0.2, 0.25) is 0 Å². The summed E-state index contributed by atoms with van der Waals surface area (Å²) in [5, 5.41) is 9.72. The van der Waals surface area contributed by atoms with Gasteiger partial charge in [-0.2, -0.15) is 0 Å². The molecule has 0 bridgehead atoms. The van der Waals surface area contributed by atoms with Gasteiger partial charge < -0.3 is 10.0 Å². The Morgan fingerprint density at radius 1 is 0.968 bits per heavy atom. The number of carboxylic acid groups (broad SMARTS) is 1. The van der Waals surface area contributed by atoms with Crippen molar-refractivity contribution in [1.29, 1.82) is 0 Å². The lowest BCUT2D eigenvalue weighted by molar-refractivity contribution is 0.116. The van der Waals surface area contributed by atoms with Gasteiger partial charge in [0.05, 0.1) is 0 Å². The van der Waals surface area contributed by atoms with Crippen LogP contribution in [0.1, 0.15) is 22.3 Å². The van der Waals surface area contributed by atoms with Crippen LogP contribution in [0.3, 0.4) is 0 Å². The summed E-state index contributed by atoms with van der Waals surface area (Å²) < 4.78 is 13.8. The van der Waals surface area contributed by atoms with E-state index < -0.39 is 6.09 Å². The molecule has 1 aliphatic heterocycles. The molecule has 1 aliphatic rings. The summed E-state index contributed by atoms with van der Waals surface area (Å²) in [4.78, 5) is 15.7. The maximum Gasteiger partial charge on any atom is 0.407 e. The Labute approximate surface area is 182 Å². The van der Waals surface area contributed by atoms with Crippen LogP contribution < -0.4 is 0 Å². The first-order valence-electron chi connectivity index (χ1n) is 10.7. The normalized spacial score (nSPS) is 16.0. The van der Waals surface area contributed by atoms with Crippen molar-refractivity contribution in [2.24, 2.45) is 0 Å². The number of benzene rings is 3. The van der Waals surface area contributed by atoms with Crippen LogP contribution in [-0.2, 0) is 25.9 Å². The van der Waals surface area contributed by atoms with E-state index >= 15 is 0 Å². The van der Waals surface area contributed by atoms with Gasteiger partial charge in [0.25, 0.3) is 0 Å². The second-order valence-corrected chi connectivity index (χ2v) is 8.12. The van der Waals surface area contributed by atoms with E-state index in [0.29, 0.717) is 26.2 Å². The van der Waals surface area contributed by atoms with E-state index in [2.05, 4.69) is 17.0 Å². The van der Waals surface area contributed by atoms with E-state index in [4.69, 9.17) is 0 Å². The molecule has 1 heterocycles. The number of hydrogen-bond acceptors (Lipinski definition) is 2.